The van der Waals surface area contributed by atoms with Crippen molar-refractivity contribution in [2.45, 2.75) is 17.1 Å². The van der Waals surface area contributed by atoms with Gasteiger partial charge in [0, 0.05) is 10.6 Å². The van der Waals surface area contributed by atoms with Crippen LogP contribution in [0.4, 0.5) is 18.9 Å². The first-order valence-electron chi connectivity index (χ1n) is 6.30. The number of benzene rings is 2. The highest BCUT2D eigenvalue weighted by molar-refractivity contribution is 7.99. The molecule has 6 heteroatoms. The summed E-state index contributed by atoms with van der Waals surface area (Å²) in [5.41, 5.74) is 0.707. The lowest BCUT2D eigenvalue weighted by Crippen LogP contribution is -2.12. The molecule has 1 N–H and O–H groups in total. The summed E-state index contributed by atoms with van der Waals surface area (Å²) < 4.78 is 38.3. The van der Waals surface area contributed by atoms with Crippen molar-refractivity contribution in [2.75, 3.05) is 11.1 Å². The molecule has 0 aliphatic carbocycles. The molecule has 3 rings (SSSR count). The van der Waals surface area contributed by atoms with Crippen LogP contribution in [0.5, 0.6) is 0 Å². The molecule has 21 heavy (non-hydrogen) atoms. The number of hydrogen-bond donors (Lipinski definition) is 1. The van der Waals surface area contributed by atoms with Crippen molar-refractivity contribution >= 4 is 29.1 Å². The van der Waals surface area contributed by atoms with Gasteiger partial charge in [-0.1, -0.05) is 29.8 Å². The van der Waals surface area contributed by atoms with E-state index in [0.717, 1.165) is 28.3 Å². The Hall–Kier alpha value is -1.33. The molecule has 1 nitrogen and oxygen atoms in total. The molecule has 1 atom stereocenters. The van der Waals surface area contributed by atoms with Crippen LogP contribution in [-0.4, -0.2) is 5.75 Å². The Morgan fingerprint density at radius 2 is 1.90 bits per heavy atom. The fraction of sp³-hybridized carbons (Fsp3) is 0.200. The van der Waals surface area contributed by atoms with E-state index < -0.39 is 11.7 Å². The maximum Gasteiger partial charge on any atom is 0.416 e. The second-order valence-electron chi connectivity index (χ2n) is 4.74. The van der Waals surface area contributed by atoms with Crippen molar-refractivity contribution in [3.63, 3.8) is 0 Å². The van der Waals surface area contributed by atoms with Crippen LogP contribution in [-0.2, 0) is 6.18 Å². The van der Waals surface area contributed by atoms with Crippen LogP contribution >= 0.6 is 23.4 Å². The van der Waals surface area contributed by atoms with Crippen LogP contribution < -0.4 is 5.32 Å². The van der Waals surface area contributed by atoms with E-state index in [9.17, 15) is 13.2 Å². The monoisotopic (exact) mass is 329 g/mol. The fourth-order valence-corrected chi connectivity index (χ4v) is 3.62. The number of nitrogens with one attached hydrogen (secondary N) is 1. The number of halogens is 4. The minimum atomic E-state index is -4.37. The zero-order chi connectivity index (χ0) is 15.0. The van der Waals surface area contributed by atoms with Gasteiger partial charge in [-0.15, -0.1) is 11.8 Å². The van der Waals surface area contributed by atoms with Crippen LogP contribution in [0.25, 0.3) is 0 Å². The van der Waals surface area contributed by atoms with Gasteiger partial charge in [-0.2, -0.15) is 13.2 Å². The lowest BCUT2D eigenvalue weighted by atomic mass is 10.1. The smallest absolute Gasteiger partial charge is 0.376 e. The highest BCUT2D eigenvalue weighted by Gasteiger charge is 2.31. The van der Waals surface area contributed by atoms with Crippen LogP contribution in [0.3, 0.4) is 0 Å². The number of rotatable bonds is 2. The summed E-state index contributed by atoms with van der Waals surface area (Å²) in [5.74, 6) is 0.770. The molecule has 2 aromatic carbocycles. The molecule has 0 amide bonds. The molecule has 0 bridgehead atoms. The SMILES string of the molecule is FC(F)(F)c1ccc(Cl)c(NC2CSc3ccccc32)c1. The maximum absolute atomic E-state index is 12.8. The number of thioether (sulfide) groups is 1. The van der Waals surface area contributed by atoms with E-state index in [2.05, 4.69) is 5.32 Å². The van der Waals surface area contributed by atoms with Gasteiger partial charge in [-0.3, -0.25) is 0 Å². The van der Waals surface area contributed by atoms with E-state index in [0.29, 0.717) is 5.69 Å². The van der Waals surface area contributed by atoms with Crippen molar-refractivity contribution in [1.29, 1.82) is 0 Å². The molecule has 2 aromatic rings. The number of fused-ring (bicyclic) bond motifs is 1. The molecule has 1 unspecified atom stereocenters. The van der Waals surface area contributed by atoms with E-state index in [1.165, 1.54) is 6.07 Å². The van der Waals surface area contributed by atoms with Gasteiger partial charge in [0.05, 0.1) is 22.3 Å². The van der Waals surface area contributed by atoms with Gasteiger partial charge in [0.15, 0.2) is 0 Å². The van der Waals surface area contributed by atoms with Gasteiger partial charge in [-0.25, -0.2) is 0 Å². The second kappa shape index (κ2) is 5.46. The molecule has 0 spiro atoms. The Morgan fingerprint density at radius 3 is 2.67 bits per heavy atom. The summed E-state index contributed by atoms with van der Waals surface area (Å²) >= 11 is 7.70. The molecule has 0 radical (unpaired) electrons. The molecule has 1 heterocycles. The lowest BCUT2D eigenvalue weighted by Gasteiger charge is -2.17. The Balaban J connectivity index is 1.89. The third-order valence-corrected chi connectivity index (χ3v) is 4.84. The number of alkyl halides is 3. The first-order chi connectivity index (χ1) is 9.95. The summed E-state index contributed by atoms with van der Waals surface area (Å²) in [6.07, 6.45) is -4.37. The molecular weight excluding hydrogens is 319 g/mol. The van der Waals surface area contributed by atoms with Gasteiger partial charge in [0.2, 0.25) is 0 Å². The Morgan fingerprint density at radius 1 is 1.14 bits per heavy atom. The van der Waals surface area contributed by atoms with Crippen molar-refractivity contribution in [1.82, 2.24) is 0 Å². The van der Waals surface area contributed by atoms with E-state index in [1.54, 1.807) is 11.8 Å². The van der Waals surface area contributed by atoms with Gasteiger partial charge in [-0.05, 0) is 29.8 Å². The Labute approximate surface area is 129 Å². The molecule has 110 valence electrons. The predicted octanol–water partition coefficient (Wildman–Crippen LogP) is 5.62. The molecule has 0 saturated carbocycles. The lowest BCUT2D eigenvalue weighted by molar-refractivity contribution is -0.137. The highest BCUT2D eigenvalue weighted by Crippen LogP contribution is 2.41. The first kappa shape index (κ1) is 14.6. The largest absolute Gasteiger partial charge is 0.416 e. The third-order valence-electron chi connectivity index (χ3n) is 3.32. The molecular formula is C15H11ClF3NS. The minimum Gasteiger partial charge on any atom is -0.376 e. The van der Waals surface area contributed by atoms with E-state index in [4.69, 9.17) is 11.6 Å². The van der Waals surface area contributed by atoms with E-state index in [1.807, 2.05) is 24.3 Å². The summed E-state index contributed by atoms with van der Waals surface area (Å²) in [7, 11) is 0. The highest BCUT2D eigenvalue weighted by atomic mass is 35.5. The molecule has 1 aliphatic rings. The molecule has 0 saturated heterocycles. The zero-order valence-electron chi connectivity index (χ0n) is 10.7. The topological polar surface area (TPSA) is 12.0 Å². The van der Waals surface area contributed by atoms with E-state index in [-0.39, 0.29) is 11.1 Å². The maximum atomic E-state index is 12.8. The average Bonchev–Trinajstić information content (AvgIpc) is 2.83. The van der Waals surface area contributed by atoms with Crippen LogP contribution in [0, 0.1) is 0 Å². The van der Waals surface area contributed by atoms with Crippen molar-refractivity contribution < 1.29 is 13.2 Å². The van der Waals surface area contributed by atoms with Crippen molar-refractivity contribution in [2.24, 2.45) is 0 Å². The summed E-state index contributed by atoms with van der Waals surface area (Å²) in [6, 6.07) is 11.2. The van der Waals surface area contributed by atoms with Crippen LogP contribution in [0.1, 0.15) is 17.2 Å². The molecule has 0 fully saturated rings. The number of hydrogen-bond acceptors (Lipinski definition) is 2. The summed E-state index contributed by atoms with van der Waals surface area (Å²) in [6.45, 7) is 0. The number of anilines is 1. The summed E-state index contributed by atoms with van der Waals surface area (Å²) in [5, 5.41) is 3.41. The molecule has 0 aromatic heterocycles. The quantitative estimate of drug-likeness (QED) is 0.767. The second-order valence-corrected chi connectivity index (χ2v) is 6.21. The van der Waals surface area contributed by atoms with Crippen LogP contribution in [0.15, 0.2) is 47.4 Å². The third kappa shape index (κ3) is 2.99. The van der Waals surface area contributed by atoms with Gasteiger partial charge in [0.1, 0.15) is 0 Å². The zero-order valence-corrected chi connectivity index (χ0v) is 12.3. The summed E-state index contributed by atoms with van der Waals surface area (Å²) in [4.78, 5) is 1.15. The van der Waals surface area contributed by atoms with Gasteiger partial charge < -0.3 is 5.32 Å². The Bertz CT molecular complexity index is 672. The van der Waals surface area contributed by atoms with Gasteiger partial charge >= 0.3 is 6.18 Å². The predicted molar refractivity (Wildman–Crippen MR) is 80.0 cm³/mol. The van der Waals surface area contributed by atoms with Crippen LogP contribution in [0.2, 0.25) is 5.02 Å². The van der Waals surface area contributed by atoms with Crippen molar-refractivity contribution in [3.05, 3.63) is 58.6 Å². The normalized spacial score (nSPS) is 17.6. The van der Waals surface area contributed by atoms with E-state index >= 15 is 0 Å². The van der Waals surface area contributed by atoms with Crippen molar-refractivity contribution in [3.8, 4) is 0 Å². The minimum absolute atomic E-state index is 0.0350. The standard InChI is InChI=1S/C15H11ClF3NS/c16-11-6-5-9(15(17,18)19)7-12(11)20-13-8-21-14-4-2-1-3-10(13)14/h1-7,13,20H,8H2. The fourth-order valence-electron chi connectivity index (χ4n) is 2.28. The average molecular weight is 330 g/mol. The van der Waals surface area contributed by atoms with Gasteiger partial charge in [0.25, 0.3) is 0 Å². The first-order valence-corrected chi connectivity index (χ1v) is 7.66. The molecule has 1 aliphatic heterocycles. The Kier molecular flexibility index (Phi) is 3.80.